The van der Waals surface area contributed by atoms with Gasteiger partial charge in [0.05, 0.1) is 24.1 Å². The first-order valence-electron chi connectivity index (χ1n) is 13.2. The van der Waals surface area contributed by atoms with Gasteiger partial charge >= 0.3 is 5.97 Å². The molecule has 2 aliphatic rings. The van der Waals surface area contributed by atoms with E-state index in [2.05, 4.69) is 39.6 Å². The van der Waals surface area contributed by atoms with Crippen LogP contribution in [0.4, 0.5) is 15.8 Å². The van der Waals surface area contributed by atoms with Crippen molar-refractivity contribution in [1.82, 2.24) is 9.80 Å². The number of nitrogens with zero attached hydrogens (tertiary/aromatic N) is 2. The molecule has 1 amide bonds. The number of halogens is 1. The molecule has 3 aromatic rings. The molecule has 2 aliphatic heterocycles. The summed E-state index contributed by atoms with van der Waals surface area (Å²) in [6.07, 6.45) is 0.855. The molecule has 8 heteroatoms. The molecule has 0 bridgehead atoms. The van der Waals surface area contributed by atoms with Gasteiger partial charge < -0.3 is 20.3 Å². The maximum Gasteiger partial charge on any atom is 0.305 e. The molecule has 0 spiro atoms. The van der Waals surface area contributed by atoms with Crippen LogP contribution in [0.25, 0.3) is 11.3 Å². The van der Waals surface area contributed by atoms with Crippen LogP contribution in [0.1, 0.15) is 28.7 Å². The Labute approximate surface area is 228 Å². The molecule has 2 heterocycles. The number of fused-ring (bicyclic) bond motifs is 1. The minimum absolute atomic E-state index is 0.258. The maximum absolute atomic E-state index is 13.9. The Bertz CT molecular complexity index is 1380. The third kappa shape index (κ3) is 6.35. The molecule has 39 heavy (non-hydrogen) atoms. The first-order chi connectivity index (χ1) is 18.9. The lowest BCUT2D eigenvalue weighted by Gasteiger charge is -2.32. The SMILES string of the molecule is COC(=O)CCc1ccc(C(Nc2ccc(CN3CCN(C)CC3)cc2)=C2C(=O)Nc3cc(F)ccc32)cc1. The van der Waals surface area contributed by atoms with Crippen LogP contribution in [-0.2, 0) is 27.3 Å². The Morgan fingerprint density at radius 2 is 1.67 bits per heavy atom. The van der Waals surface area contributed by atoms with E-state index in [0.717, 1.165) is 49.5 Å². The summed E-state index contributed by atoms with van der Waals surface area (Å²) in [5, 5.41) is 6.26. The lowest BCUT2D eigenvalue weighted by molar-refractivity contribution is -0.140. The number of hydrogen-bond acceptors (Lipinski definition) is 6. The van der Waals surface area contributed by atoms with Gasteiger partial charge in [-0.2, -0.15) is 0 Å². The molecular weight excluding hydrogens is 495 g/mol. The van der Waals surface area contributed by atoms with Gasteiger partial charge in [0, 0.05) is 50.4 Å². The molecule has 5 rings (SSSR count). The lowest BCUT2D eigenvalue weighted by Crippen LogP contribution is -2.43. The molecule has 7 nitrogen and oxygen atoms in total. The summed E-state index contributed by atoms with van der Waals surface area (Å²) < 4.78 is 18.6. The molecular formula is C31H33FN4O3. The number of hydrogen-bond donors (Lipinski definition) is 2. The molecule has 1 saturated heterocycles. The normalized spacial score (nSPS) is 16.9. The van der Waals surface area contributed by atoms with Crippen molar-refractivity contribution < 1.29 is 18.7 Å². The van der Waals surface area contributed by atoms with Crippen molar-refractivity contribution in [2.75, 3.05) is 51.0 Å². The highest BCUT2D eigenvalue weighted by Crippen LogP contribution is 2.38. The number of piperazine rings is 1. The molecule has 0 aromatic heterocycles. The first-order valence-corrected chi connectivity index (χ1v) is 13.2. The zero-order valence-electron chi connectivity index (χ0n) is 22.3. The van der Waals surface area contributed by atoms with Crippen molar-refractivity contribution in [3.05, 3.63) is 94.8 Å². The van der Waals surface area contributed by atoms with Crippen molar-refractivity contribution in [3.63, 3.8) is 0 Å². The molecule has 0 radical (unpaired) electrons. The van der Waals surface area contributed by atoms with Crippen molar-refractivity contribution in [2.45, 2.75) is 19.4 Å². The number of likely N-dealkylation sites (N-methyl/N-ethyl adjacent to an activating group) is 1. The minimum atomic E-state index is -0.407. The first kappa shape index (κ1) is 26.6. The van der Waals surface area contributed by atoms with Crippen molar-refractivity contribution in [1.29, 1.82) is 0 Å². The van der Waals surface area contributed by atoms with Crippen LogP contribution >= 0.6 is 0 Å². The molecule has 0 unspecified atom stereocenters. The Kier molecular flexibility index (Phi) is 8.05. The molecule has 0 saturated carbocycles. The lowest BCUT2D eigenvalue weighted by atomic mass is 9.98. The Hall–Kier alpha value is -4.01. The number of esters is 1. The van der Waals surface area contributed by atoms with E-state index in [4.69, 9.17) is 4.74 Å². The smallest absolute Gasteiger partial charge is 0.305 e. The second-order valence-corrected chi connectivity index (χ2v) is 10.1. The van der Waals surface area contributed by atoms with E-state index in [-0.39, 0.29) is 11.9 Å². The monoisotopic (exact) mass is 528 g/mol. The van der Waals surface area contributed by atoms with E-state index >= 15 is 0 Å². The van der Waals surface area contributed by atoms with Crippen molar-refractivity contribution in [3.8, 4) is 0 Å². The quantitative estimate of drug-likeness (QED) is 0.329. The number of aryl methyl sites for hydroxylation is 1. The predicted octanol–water partition coefficient (Wildman–Crippen LogP) is 4.61. The third-order valence-corrected chi connectivity index (χ3v) is 7.29. The third-order valence-electron chi connectivity index (χ3n) is 7.29. The van der Waals surface area contributed by atoms with Gasteiger partial charge in [-0.25, -0.2) is 4.39 Å². The van der Waals surface area contributed by atoms with E-state index < -0.39 is 5.82 Å². The zero-order chi connectivity index (χ0) is 27.4. The number of benzene rings is 3. The van der Waals surface area contributed by atoms with E-state index in [1.54, 1.807) is 6.07 Å². The van der Waals surface area contributed by atoms with Crippen LogP contribution in [0.3, 0.4) is 0 Å². The topological polar surface area (TPSA) is 73.9 Å². The van der Waals surface area contributed by atoms with Crippen LogP contribution in [0.2, 0.25) is 0 Å². The number of ether oxygens (including phenoxy) is 1. The largest absolute Gasteiger partial charge is 0.469 e. The van der Waals surface area contributed by atoms with Crippen LogP contribution in [0.15, 0.2) is 66.7 Å². The molecule has 0 atom stereocenters. The number of methoxy groups -OCH3 is 1. The number of carbonyl (C=O) groups excluding carboxylic acids is 2. The average molecular weight is 529 g/mol. The summed E-state index contributed by atoms with van der Waals surface area (Å²) in [4.78, 5) is 29.5. The number of rotatable bonds is 8. The number of nitrogens with one attached hydrogen (secondary N) is 2. The molecule has 202 valence electrons. The van der Waals surface area contributed by atoms with Crippen LogP contribution in [0.5, 0.6) is 0 Å². The summed E-state index contributed by atoms with van der Waals surface area (Å²) in [6, 6.07) is 20.3. The zero-order valence-corrected chi connectivity index (χ0v) is 22.3. The summed E-state index contributed by atoms with van der Waals surface area (Å²) in [5.41, 5.74) is 6.04. The molecule has 2 N–H and O–H groups in total. The molecule has 1 fully saturated rings. The van der Waals surface area contributed by atoms with Crippen molar-refractivity contribution >= 4 is 34.5 Å². The standard InChI is InChI=1S/C31H33FN4O3/c1-35-15-17-36(18-16-35)20-22-5-11-25(12-6-22)33-30(23-8-3-21(4-9-23)7-14-28(37)39-2)29-26-13-10-24(32)19-27(26)34-31(29)38/h3-6,8-13,19,33H,7,14-18,20H2,1-2H3,(H,34,38). The summed E-state index contributed by atoms with van der Waals surface area (Å²) >= 11 is 0. The second-order valence-electron chi connectivity index (χ2n) is 10.1. The second kappa shape index (κ2) is 11.8. The fourth-order valence-electron chi connectivity index (χ4n) is 4.96. The fourth-order valence-corrected chi connectivity index (χ4v) is 4.96. The molecule has 3 aromatic carbocycles. The van der Waals surface area contributed by atoms with Gasteiger partial charge in [-0.3, -0.25) is 14.5 Å². The van der Waals surface area contributed by atoms with E-state index in [9.17, 15) is 14.0 Å². The Balaban J connectivity index is 1.43. The highest BCUT2D eigenvalue weighted by molar-refractivity contribution is 6.37. The van der Waals surface area contributed by atoms with Crippen molar-refractivity contribution in [2.24, 2.45) is 0 Å². The number of carbonyl (C=O) groups is 2. The van der Waals surface area contributed by atoms with Gasteiger partial charge in [-0.1, -0.05) is 36.4 Å². The van der Waals surface area contributed by atoms with Gasteiger partial charge in [0.25, 0.3) is 5.91 Å². The summed E-state index contributed by atoms with van der Waals surface area (Å²) in [5.74, 6) is -0.957. The summed E-state index contributed by atoms with van der Waals surface area (Å²) in [7, 11) is 3.53. The van der Waals surface area contributed by atoms with Gasteiger partial charge in [-0.15, -0.1) is 0 Å². The van der Waals surface area contributed by atoms with E-state index in [1.165, 1.54) is 24.8 Å². The van der Waals surface area contributed by atoms with Crippen LogP contribution < -0.4 is 10.6 Å². The van der Waals surface area contributed by atoms with E-state index in [0.29, 0.717) is 35.4 Å². The number of anilines is 2. The van der Waals surface area contributed by atoms with Gasteiger partial charge in [0.1, 0.15) is 5.82 Å². The Morgan fingerprint density at radius 1 is 0.974 bits per heavy atom. The van der Waals surface area contributed by atoms with Crippen LogP contribution in [0, 0.1) is 5.82 Å². The highest BCUT2D eigenvalue weighted by atomic mass is 19.1. The number of amides is 1. The van der Waals surface area contributed by atoms with Gasteiger partial charge in [0.2, 0.25) is 0 Å². The van der Waals surface area contributed by atoms with Gasteiger partial charge in [-0.05, 0) is 60.5 Å². The summed E-state index contributed by atoms with van der Waals surface area (Å²) in [6.45, 7) is 5.16. The molecule has 0 aliphatic carbocycles. The average Bonchev–Trinajstić information content (AvgIpc) is 3.27. The minimum Gasteiger partial charge on any atom is -0.469 e. The fraction of sp³-hybridized carbons (Fsp3) is 0.290. The highest BCUT2D eigenvalue weighted by Gasteiger charge is 2.29. The Morgan fingerprint density at radius 3 is 2.36 bits per heavy atom. The van der Waals surface area contributed by atoms with E-state index in [1.807, 2.05) is 36.4 Å². The van der Waals surface area contributed by atoms with Gasteiger partial charge in [0.15, 0.2) is 0 Å². The maximum atomic E-state index is 13.9. The predicted molar refractivity (Wildman–Crippen MR) is 151 cm³/mol. The van der Waals surface area contributed by atoms with Crippen LogP contribution in [-0.4, -0.2) is 62.0 Å².